The number of hydrogen-bond donors (Lipinski definition) is 4. The number of rotatable bonds is 10. The molecule has 1 aliphatic heterocycles. The zero-order chi connectivity index (χ0) is 30.5. The standard InChI is InChI=1S/C30H40FN5O5/c1-7-21-13-12-20-11-10-19(23(31)25(20)33-21)14-15-30(5,6)29(41)34-24(17(2)3)26(37)32-18(4)27(38)36-16-8-9-22(35-36)28(39)40/h10-15,17-18,22,24,35H,7-9,16H2,1-6H3,(H,32,37)(H,34,41)(H,39,40)/b15-14+. The molecule has 0 spiro atoms. The number of carbonyl (C=O) groups excluding carboxylic acids is 3. The quantitative estimate of drug-likeness (QED) is 0.344. The van der Waals surface area contributed by atoms with Gasteiger partial charge in [-0.25, -0.2) is 14.8 Å². The molecular weight excluding hydrogens is 529 g/mol. The lowest BCUT2D eigenvalue weighted by molar-refractivity contribution is -0.148. The van der Waals surface area contributed by atoms with Crippen molar-refractivity contribution in [1.82, 2.24) is 26.1 Å². The Bertz CT molecular complexity index is 1340. The highest BCUT2D eigenvalue weighted by molar-refractivity contribution is 5.94. The summed E-state index contributed by atoms with van der Waals surface area (Å²) in [5, 5.41) is 16.6. The first-order valence-corrected chi connectivity index (χ1v) is 13.9. The van der Waals surface area contributed by atoms with Crippen LogP contribution in [0.5, 0.6) is 0 Å². The lowest BCUT2D eigenvalue weighted by Crippen LogP contribution is -2.61. The van der Waals surface area contributed by atoms with Crippen LogP contribution in [-0.2, 0) is 25.6 Å². The minimum Gasteiger partial charge on any atom is -0.480 e. The van der Waals surface area contributed by atoms with Gasteiger partial charge in [0.25, 0.3) is 5.91 Å². The molecule has 1 fully saturated rings. The molecule has 2 heterocycles. The van der Waals surface area contributed by atoms with Crippen molar-refractivity contribution in [2.75, 3.05) is 6.54 Å². The van der Waals surface area contributed by atoms with Crippen molar-refractivity contribution in [3.8, 4) is 0 Å². The number of pyridine rings is 1. The molecule has 0 radical (unpaired) electrons. The van der Waals surface area contributed by atoms with Crippen LogP contribution in [0.4, 0.5) is 4.39 Å². The highest BCUT2D eigenvalue weighted by atomic mass is 19.1. The van der Waals surface area contributed by atoms with Crippen LogP contribution in [0.25, 0.3) is 17.0 Å². The predicted molar refractivity (Wildman–Crippen MR) is 154 cm³/mol. The third-order valence-corrected chi connectivity index (χ3v) is 7.23. The van der Waals surface area contributed by atoms with Crippen LogP contribution < -0.4 is 16.1 Å². The minimum absolute atomic E-state index is 0.271. The largest absolute Gasteiger partial charge is 0.480 e. The zero-order valence-electron chi connectivity index (χ0n) is 24.5. The highest BCUT2D eigenvalue weighted by Gasteiger charge is 2.34. The number of carboxylic acid groups (broad SMARTS) is 1. The van der Waals surface area contributed by atoms with E-state index in [1.807, 2.05) is 19.1 Å². The second kappa shape index (κ2) is 13.2. The molecule has 1 aliphatic rings. The first-order valence-electron chi connectivity index (χ1n) is 13.9. The molecule has 0 aliphatic carbocycles. The lowest BCUT2D eigenvalue weighted by atomic mass is 9.89. The van der Waals surface area contributed by atoms with Crippen LogP contribution in [0.1, 0.15) is 65.6 Å². The van der Waals surface area contributed by atoms with E-state index in [4.69, 9.17) is 0 Å². The van der Waals surface area contributed by atoms with E-state index in [1.54, 1.807) is 45.9 Å². The van der Waals surface area contributed by atoms with Crippen LogP contribution in [0.3, 0.4) is 0 Å². The maximum Gasteiger partial charge on any atom is 0.322 e. The Labute approximate surface area is 239 Å². The number of aliphatic carboxylic acids is 1. The van der Waals surface area contributed by atoms with Crippen LogP contribution in [0.2, 0.25) is 0 Å². The van der Waals surface area contributed by atoms with Crippen molar-refractivity contribution >= 4 is 40.7 Å². The van der Waals surface area contributed by atoms with Crippen LogP contribution in [0, 0.1) is 17.2 Å². The van der Waals surface area contributed by atoms with Gasteiger partial charge in [0.15, 0.2) is 5.82 Å². The molecule has 11 heteroatoms. The van der Waals surface area contributed by atoms with E-state index in [-0.39, 0.29) is 11.4 Å². The van der Waals surface area contributed by atoms with E-state index in [0.29, 0.717) is 36.8 Å². The summed E-state index contributed by atoms with van der Waals surface area (Å²) in [7, 11) is 0. The third kappa shape index (κ3) is 7.66. The number of aromatic nitrogens is 1. The van der Waals surface area contributed by atoms with Gasteiger partial charge >= 0.3 is 5.97 Å². The second-order valence-corrected chi connectivity index (χ2v) is 11.3. The van der Waals surface area contributed by atoms with E-state index in [1.165, 1.54) is 18.0 Å². The van der Waals surface area contributed by atoms with Gasteiger partial charge in [-0.2, -0.15) is 0 Å². The van der Waals surface area contributed by atoms with Gasteiger partial charge in [-0.1, -0.05) is 51.1 Å². The van der Waals surface area contributed by atoms with Gasteiger partial charge < -0.3 is 15.7 Å². The smallest absolute Gasteiger partial charge is 0.322 e. The van der Waals surface area contributed by atoms with Crippen LogP contribution >= 0.6 is 0 Å². The SMILES string of the molecule is CCc1ccc2ccc(/C=C/C(C)(C)C(=O)NC(C(=O)NC(C)C(=O)N3CCCC(C(=O)O)N3)C(C)C)c(F)c2n1. The van der Waals surface area contributed by atoms with Crippen molar-refractivity contribution in [3.63, 3.8) is 0 Å². The maximum atomic E-state index is 15.2. The van der Waals surface area contributed by atoms with Gasteiger partial charge in [-0.15, -0.1) is 0 Å². The van der Waals surface area contributed by atoms with Crippen LogP contribution in [0.15, 0.2) is 30.3 Å². The Morgan fingerprint density at radius 2 is 1.85 bits per heavy atom. The molecule has 3 rings (SSSR count). The zero-order valence-corrected chi connectivity index (χ0v) is 24.5. The van der Waals surface area contributed by atoms with Crippen molar-refractivity contribution in [2.45, 2.75) is 78.9 Å². The van der Waals surface area contributed by atoms with Gasteiger partial charge in [0.2, 0.25) is 11.8 Å². The number of fused-ring (bicyclic) bond motifs is 1. The average Bonchev–Trinajstić information content (AvgIpc) is 2.94. The number of halogens is 1. The number of nitrogens with zero attached hydrogens (tertiary/aromatic N) is 2. The molecule has 1 saturated heterocycles. The molecule has 4 N–H and O–H groups in total. The lowest BCUT2D eigenvalue weighted by Gasteiger charge is -2.34. The van der Waals surface area contributed by atoms with Gasteiger partial charge in [-0.3, -0.25) is 24.2 Å². The minimum atomic E-state index is -1.10. The summed E-state index contributed by atoms with van der Waals surface area (Å²) in [4.78, 5) is 55.0. The number of carbonyl (C=O) groups is 4. The summed E-state index contributed by atoms with van der Waals surface area (Å²) in [6.07, 6.45) is 4.72. The van der Waals surface area contributed by atoms with Crippen LogP contribution in [-0.4, -0.2) is 63.5 Å². The summed E-state index contributed by atoms with van der Waals surface area (Å²) in [5.41, 5.74) is 2.93. The number of nitrogens with one attached hydrogen (secondary N) is 3. The van der Waals surface area contributed by atoms with Crippen molar-refractivity contribution in [1.29, 1.82) is 0 Å². The van der Waals surface area contributed by atoms with Gasteiger partial charge in [-0.05, 0) is 52.0 Å². The number of carboxylic acids is 1. The fourth-order valence-corrected chi connectivity index (χ4v) is 4.49. The Balaban J connectivity index is 1.68. The third-order valence-electron chi connectivity index (χ3n) is 7.23. The molecule has 10 nitrogen and oxygen atoms in total. The van der Waals surface area contributed by atoms with E-state index in [0.717, 1.165) is 5.69 Å². The summed E-state index contributed by atoms with van der Waals surface area (Å²) < 4.78 is 15.2. The Morgan fingerprint density at radius 3 is 2.49 bits per heavy atom. The van der Waals surface area contributed by atoms with E-state index in [2.05, 4.69) is 21.0 Å². The summed E-state index contributed by atoms with van der Waals surface area (Å²) >= 11 is 0. The number of aryl methyl sites for hydroxylation is 1. The Kier molecular flexibility index (Phi) is 10.2. The monoisotopic (exact) mass is 569 g/mol. The first-order chi connectivity index (χ1) is 19.2. The van der Waals surface area contributed by atoms with Crippen molar-refractivity contribution in [2.24, 2.45) is 11.3 Å². The van der Waals surface area contributed by atoms with Gasteiger partial charge in [0, 0.05) is 23.2 Å². The number of hydrazine groups is 1. The van der Waals surface area contributed by atoms with Crippen molar-refractivity contribution in [3.05, 3.63) is 47.4 Å². The molecule has 3 unspecified atom stereocenters. The van der Waals surface area contributed by atoms with E-state index >= 15 is 4.39 Å². The molecule has 41 heavy (non-hydrogen) atoms. The number of hydrogen-bond acceptors (Lipinski definition) is 6. The highest BCUT2D eigenvalue weighted by Crippen LogP contribution is 2.25. The normalized spacial score (nSPS) is 17.5. The van der Waals surface area contributed by atoms with E-state index < -0.39 is 53.0 Å². The molecule has 222 valence electrons. The summed E-state index contributed by atoms with van der Waals surface area (Å²) in [6.45, 7) is 10.6. The molecule has 0 bridgehead atoms. The Morgan fingerprint density at radius 1 is 1.17 bits per heavy atom. The molecule has 1 aromatic carbocycles. The topological polar surface area (TPSA) is 141 Å². The fraction of sp³-hybridized carbons (Fsp3) is 0.500. The average molecular weight is 570 g/mol. The molecular formula is C30H40FN5O5. The molecule has 3 amide bonds. The fourth-order valence-electron chi connectivity index (χ4n) is 4.49. The Hall–Kier alpha value is -3.86. The predicted octanol–water partition coefficient (Wildman–Crippen LogP) is 3.20. The van der Waals surface area contributed by atoms with Gasteiger partial charge in [0.05, 0.1) is 5.41 Å². The van der Waals surface area contributed by atoms with E-state index in [9.17, 15) is 24.3 Å². The maximum absolute atomic E-state index is 15.2. The molecule has 0 saturated carbocycles. The number of amides is 3. The molecule has 2 aromatic rings. The number of benzene rings is 1. The van der Waals surface area contributed by atoms with Gasteiger partial charge in [0.1, 0.15) is 23.6 Å². The second-order valence-electron chi connectivity index (χ2n) is 11.3. The molecule has 3 atom stereocenters. The summed E-state index contributed by atoms with van der Waals surface area (Å²) in [6, 6.07) is 4.33. The van der Waals surface area contributed by atoms with Crippen molar-refractivity contribution < 1.29 is 28.7 Å². The first kappa shape index (κ1) is 31.7. The molecule has 1 aromatic heterocycles. The summed E-state index contributed by atoms with van der Waals surface area (Å²) in [5.74, 6) is -3.29.